The zero-order valence-electron chi connectivity index (χ0n) is 15.3. The maximum Gasteiger partial charge on any atom is 0.241 e. The van der Waals surface area contributed by atoms with Gasteiger partial charge < -0.3 is 9.26 Å². The Kier molecular flexibility index (Phi) is 5.16. The third-order valence-electron chi connectivity index (χ3n) is 4.85. The molecule has 4 rings (SSSR count). The Morgan fingerprint density at radius 1 is 1.15 bits per heavy atom. The van der Waals surface area contributed by atoms with Gasteiger partial charge in [-0.05, 0) is 68.3 Å². The molecule has 2 aromatic carbocycles. The first-order chi connectivity index (χ1) is 13.2. The Labute approximate surface area is 157 Å². The zero-order chi connectivity index (χ0) is 18.6. The number of aromatic nitrogens is 2. The smallest absolute Gasteiger partial charge is 0.241 e. The summed E-state index contributed by atoms with van der Waals surface area (Å²) in [4.78, 5) is 6.84. The van der Waals surface area contributed by atoms with E-state index in [0.29, 0.717) is 30.9 Å². The largest absolute Gasteiger partial charge is 0.494 e. The molecule has 1 unspecified atom stereocenters. The first kappa shape index (κ1) is 17.7. The average Bonchev–Trinajstić information content (AvgIpc) is 3.34. The molecule has 0 aliphatic carbocycles. The van der Waals surface area contributed by atoms with Crippen LogP contribution < -0.4 is 4.74 Å². The van der Waals surface area contributed by atoms with E-state index in [9.17, 15) is 4.39 Å². The summed E-state index contributed by atoms with van der Waals surface area (Å²) in [6.07, 6.45) is 2.24. The predicted molar refractivity (Wildman–Crippen MR) is 99.7 cm³/mol. The van der Waals surface area contributed by atoms with Crippen LogP contribution in [-0.2, 0) is 6.54 Å². The number of nitrogens with zero attached hydrogens (tertiary/aromatic N) is 3. The number of benzene rings is 2. The normalized spacial score (nSPS) is 17.3. The van der Waals surface area contributed by atoms with E-state index in [4.69, 9.17) is 9.26 Å². The highest BCUT2D eigenvalue weighted by Crippen LogP contribution is 2.34. The van der Waals surface area contributed by atoms with Gasteiger partial charge in [-0.1, -0.05) is 17.3 Å². The molecule has 6 heteroatoms. The van der Waals surface area contributed by atoms with Crippen LogP contribution in [0.25, 0.3) is 11.4 Å². The third-order valence-corrected chi connectivity index (χ3v) is 4.85. The Hall–Kier alpha value is -2.73. The van der Waals surface area contributed by atoms with E-state index in [1.165, 1.54) is 17.7 Å². The summed E-state index contributed by atoms with van der Waals surface area (Å²) in [5.74, 6) is 1.68. The lowest BCUT2D eigenvalue weighted by Crippen LogP contribution is -2.22. The summed E-state index contributed by atoms with van der Waals surface area (Å²) < 4.78 is 24.0. The van der Waals surface area contributed by atoms with Gasteiger partial charge in [0.05, 0.1) is 13.2 Å². The molecule has 1 atom stereocenters. The van der Waals surface area contributed by atoms with Crippen molar-refractivity contribution in [1.29, 1.82) is 0 Å². The van der Waals surface area contributed by atoms with E-state index < -0.39 is 0 Å². The number of hydrogen-bond acceptors (Lipinski definition) is 5. The number of hydrogen-bond donors (Lipinski definition) is 0. The molecule has 140 valence electrons. The molecule has 1 saturated heterocycles. The van der Waals surface area contributed by atoms with Gasteiger partial charge in [-0.15, -0.1) is 0 Å². The van der Waals surface area contributed by atoms with Crippen molar-refractivity contribution in [3.63, 3.8) is 0 Å². The fraction of sp³-hybridized carbons (Fsp3) is 0.333. The number of rotatable bonds is 6. The van der Waals surface area contributed by atoms with Gasteiger partial charge in [0.2, 0.25) is 11.7 Å². The Morgan fingerprint density at radius 2 is 1.93 bits per heavy atom. The van der Waals surface area contributed by atoms with Gasteiger partial charge in [-0.2, -0.15) is 4.98 Å². The minimum atomic E-state index is -0.280. The Balaban J connectivity index is 1.46. The SMILES string of the molecule is CCOc1ccc(C2CCCN2Cc2nc(-c3ccc(F)cc3)no2)cc1. The van der Waals surface area contributed by atoms with E-state index in [0.717, 1.165) is 30.7 Å². The lowest BCUT2D eigenvalue weighted by atomic mass is 10.0. The van der Waals surface area contributed by atoms with Crippen molar-refractivity contribution in [2.75, 3.05) is 13.2 Å². The summed E-state index contributed by atoms with van der Waals surface area (Å²) in [6.45, 7) is 4.25. The van der Waals surface area contributed by atoms with Gasteiger partial charge in [-0.3, -0.25) is 4.90 Å². The van der Waals surface area contributed by atoms with Crippen molar-refractivity contribution >= 4 is 0 Å². The maximum absolute atomic E-state index is 13.1. The van der Waals surface area contributed by atoms with Crippen molar-refractivity contribution in [1.82, 2.24) is 15.0 Å². The fourth-order valence-electron chi connectivity index (χ4n) is 3.55. The van der Waals surface area contributed by atoms with Gasteiger partial charge in [0, 0.05) is 11.6 Å². The lowest BCUT2D eigenvalue weighted by molar-refractivity contribution is 0.212. The third kappa shape index (κ3) is 4.01. The monoisotopic (exact) mass is 367 g/mol. The predicted octanol–water partition coefficient (Wildman–Crippen LogP) is 4.61. The van der Waals surface area contributed by atoms with E-state index in [-0.39, 0.29) is 5.82 Å². The summed E-state index contributed by atoms with van der Waals surface area (Å²) in [5, 5.41) is 4.04. The van der Waals surface area contributed by atoms with E-state index in [1.54, 1.807) is 12.1 Å². The second-order valence-electron chi connectivity index (χ2n) is 6.65. The molecule has 5 nitrogen and oxygen atoms in total. The van der Waals surface area contributed by atoms with Crippen LogP contribution in [0.4, 0.5) is 4.39 Å². The second-order valence-corrected chi connectivity index (χ2v) is 6.65. The van der Waals surface area contributed by atoms with E-state index in [1.807, 2.05) is 19.1 Å². The van der Waals surface area contributed by atoms with E-state index >= 15 is 0 Å². The average molecular weight is 367 g/mol. The molecule has 27 heavy (non-hydrogen) atoms. The molecule has 1 aromatic heterocycles. The van der Waals surface area contributed by atoms with Crippen molar-refractivity contribution in [3.8, 4) is 17.1 Å². The summed E-state index contributed by atoms with van der Waals surface area (Å²) in [7, 11) is 0. The van der Waals surface area contributed by atoms with Crippen LogP contribution in [0.5, 0.6) is 5.75 Å². The summed E-state index contributed by atoms with van der Waals surface area (Å²) >= 11 is 0. The molecule has 1 aliphatic rings. The van der Waals surface area contributed by atoms with Crippen LogP contribution in [0, 0.1) is 5.82 Å². The van der Waals surface area contributed by atoms with Crippen molar-refractivity contribution in [2.24, 2.45) is 0 Å². The molecule has 1 aliphatic heterocycles. The molecule has 0 amide bonds. The van der Waals surface area contributed by atoms with E-state index in [2.05, 4.69) is 27.2 Å². The van der Waals surface area contributed by atoms with Crippen molar-refractivity contribution in [3.05, 3.63) is 65.8 Å². The van der Waals surface area contributed by atoms with Crippen LogP contribution in [0.15, 0.2) is 53.1 Å². The van der Waals surface area contributed by atoms with Gasteiger partial charge in [0.15, 0.2) is 0 Å². The number of likely N-dealkylation sites (tertiary alicyclic amines) is 1. The molecule has 0 saturated carbocycles. The topological polar surface area (TPSA) is 51.4 Å². The molecular weight excluding hydrogens is 345 g/mol. The van der Waals surface area contributed by atoms with Gasteiger partial charge in [0.1, 0.15) is 11.6 Å². The van der Waals surface area contributed by atoms with Crippen LogP contribution in [0.1, 0.15) is 37.3 Å². The fourth-order valence-corrected chi connectivity index (χ4v) is 3.55. The minimum Gasteiger partial charge on any atom is -0.494 e. The first-order valence-corrected chi connectivity index (χ1v) is 9.28. The molecule has 0 radical (unpaired) electrons. The minimum absolute atomic E-state index is 0.280. The van der Waals surface area contributed by atoms with Crippen LogP contribution in [0.2, 0.25) is 0 Å². The Morgan fingerprint density at radius 3 is 2.67 bits per heavy atom. The molecule has 2 heterocycles. The quantitative estimate of drug-likeness (QED) is 0.637. The van der Waals surface area contributed by atoms with Crippen LogP contribution in [0.3, 0.4) is 0 Å². The zero-order valence-corrected chi connectivity index (χ0v) is 15.3. The summed E-state index contributed by atoms with van der Waals surface area (Å²) in [6, 6.07) is 14.7. The van der Waals surface area contributed by atoms with Crippen LogP contribution in [-0.4, -0.2) is 28.2 Å². The second kappa shape index (κ2) is 7.88. The molecule has 0 N–H and O–H groups in total. The number of ether oxygens (including phenoxy) is 1. The molecular formula is C21H22FN3O2. The standard InChI is InChI=1S/C21H22FN3O2/c1-2-26-18-11-7-15(8-12-18)19-4-3-13-25(19)14-20-23-21(24-27-20)16-5-9-17(22)10-6-16/h5-12,19H,2-4,13-14H2,1H3. The molecule has 1 fully saturated rings. The highest BCUT2D eigenvalue weighted by Gasteiger charge is 2.27. The van der Waals surface area contributed by atoms with Gasteiger partial charge in [-0.25, -0.2) is 4.39 Å². The Bertz CT molecular complexity index is 877. The highest BCUT2D eigenvalue weighted by atomic mass is 19.1. The maximum atomic E-state index is 13.1. The lowest BCUT2D eigenvalue weighted by Gasteiger charge is -2.23. The molecule has 3 aromatic rings. The highest BCUT2D eigenvalue weighted by molar-refractivity contribution is 5.53. The van der Waals surface area contributed by atoms with Crippen molar-refractivity contribution in [2.45, 2.75) is 32.4 Å². The van der Waals surface area contributed by atoms with Crippen LogP contribution >= 0.6 is 0 Å². The van der Waals surface area contributed by atoms with Crippen molar-refractivity contribution < 1.29 is 13.7 Å². The molecule has 0 bridgehead atoms. The first-order valence-electron chi connectivity index (χ1n) is 9.28. The summed E-state index contributed by atoms with van der Waals surface area (Å²) in [5.41, 5.74) is 2.02. The molecule has 0 spiro atoms. The van der Waals surface area contributed by atoms with Gasteiger partial charge >= 0.3 is 0 Å². The van der Waals surface area contributed by atoms with Gasteiger partial charge in [0.25, 0.3) is 0 Å². The number of halogens is 1.